The first kappa shape index (κ1) is 11.5. The van der Waals surface area contributed by atoms with Gasteiger partial charge in [-0.2, -0.15) is 0 Å². The third-order valence-electron chi connectivity index (χ3n) is 3.40. The zero-order chi connectivity index (χ0) is 10.8. The Labute approximate surface area is 107 Å². The van der Waals surface area contributed by atoms with Crippen molar-refractivity contribution < 1.29 is 24.2 Å². The number of hydrogen-bond donors (Lipinski definition) is 0. The van der Waals surface area contributed by atoms with E-state index >= 15 is 0 Å². The molecular formula is C14H18Zr. The van der Waals surface area contributed by atoms with Crippen LogP contribution in [0.2, 0.25) is 0 Å². The van der Waals surface area contributed by atoms with Gasteiger partial charge in [-0.05, 0) is 0 Å². The van der Waals surface area contributed by atoms with Crippen LogP contribution in [0.25, 0.3) is 0 Å². The van der Waals surface area contributed by atoms with Crippen molar-refractivity contribution in [3.8, 4) is 0 Å². The average molecular weight is 278 g/mol. The van der Waals surface area contributed by atoms with Crippen molar-refractivity contribution in [3.05, 3.63) is 35.4 Å². The first-order valence-corrected chi connectivity index (χ1v) is 7.10. The molecule has 1 heteroatoms. The molecule has 15 heavy (non-hydrogen) atoms. The molecule has 0 saturated heterocycles. The quantitative estimate of drug-likeness (QED) is 0.791. The van der Waals surface area contributed by atoms with Gasteiger partial charge in [0.25, 0.3) is 0 Å². The van der Waals surface area contributed by atoms with Crippen molar-refractivity contribution in [2.45, 2.75) is 39.0 Å². The molecule has 1 aromatic carbocycles. The summed E-state index contributed by atoms with van der Waals surface area (Å²) in [6.45, 7) is 4.51. The van der Waals surface area contributed by atoms with E-state index in [0.29, 0.717) is 5.92 Å². The summed E-state index contributed by atoms with van der Waals surface area (Å²) in [5, 5.41) is 0. The van der Waals surface area contributed by atoms with Crippen LogP contribution in [0.5, 0.6) is 0 Å². The molecule has 0 amide bonds. The Hall–Kier alpha value is -0.0269. The Kier molecular flexibility index (Phi) is 3.72. The fourth-order valence-electron chi connectivity index (χ4n) is 1.98. The van der Waals surface area contributed by atoms with Gasteiger partial charge in [0.2, 0.25) is 0 Å². The second kappa shape index (κ2) is 4.87. The zero-order valence-corrected chi connectivity index (χ0v) is 12.0. The molecule has 0 spiro atoms. The molecule has 0 aromatic heterocycles. The van der Waals surface area contributed by atoms with Gasteiger partial charge in [-0.25, -0.2) is 0 Å². The standard InChI is InChI=1S/C14H18.Zr/c1-11(2)14-8-6-13(7-9-14)10-12-4-3-5-12;/h6-9,11-12H,3-5H2,1-2H3;. The monoisotopic (exact) mass is 276 g/mol. The van der Waals surface area contributed by atoms with Crippen LogP contribution in [-0.2, 0) is 24.2 Å². The first-order valence-electron chi connectivity index (χ1n) is 5.87. The Morgan fingerprint density at radius 2 is 1.80 bits per heavy atom. The van der Waals surface area contributed by atoms with E-state index < -0.39 is 0 Å². The molecule has 0 nitrogen and oxygen atoms in total. The van der Waals surface area contributed by atoms with Crippen LogP contribution in [0.1, 0.15) is 50.2 Å². The van der Waals surface area contributed by atoms with E-state index in [-0.39, 0.29) is 0 Å². The van der Waals surface area contributed by atoms with E-state index in [0.717, 1.165) is 5.92 Å². The van der Waals surface area contributed by atoms with Gasteiger partial charge in [0.05, 0.1) is 0 Å². The van der Waals surface area contributed by atoms with Gasteiger partial charge in [0.1, 0.15) is 0 Å². The second-order valence-corrected chi connectivity index (χ2v) is 6.14. The molecule has 0 heterocycles. The van der Waals surface area contributed by atoms with Crippen LogP contribution in [0.15, 0.2) is 24.3 Å². The third-order valence-corrected chi connectivity index (χ3v) is 5.11. The van der Waals surface area contributed by atoms with Gasteiger partial charge >= 0.3 is 108 Å². The molecule has 0 bridgehead atoms. The fraction of sp³-hybridized carbons (Fsp3) is 0.500. The second-order valence-electron chi connectivity index (χ2n) is 4.82. The van der Waals surface area contributed by atoms with E-state index in [2.05, 4.69) is 38.1 Å². The summed E-state index contributed by atoms with van der Waals surface area (Å²) in [6, 6.07) is 9.22. The molecular weight excluding hydrogens is 259 g/mol. The SMILES string of the molecule is CC(C)c1ccc([C](=[Zr])C2CCC2)cc1. The summed E-state index contributed by atoms with van der Waals surface area (Å²) in [5.74, 6) is 1.56. The molecule has 0 aliphatic heterocycles. The molecule has 0 radical (unpaired) electrons. The number of benzene rings is 1. The van der Waals surface area contributed by atoms with Crippen LogP contribution < -0.4 is 0 Å². The van der Waals surface area contributed by atoms with Gasteiger partial charge < -0.3 is 0 Å². The average Bonchev–Trinajstić information content (AvgIpc) is 2.15. The van der Waals surface area contributed by atoms with Crippen molar-refractivity contribution in [3.63, 3.8) is 0 Å². The van der Waals surface area contributed by atoms with Crippen molar-refractivity contribution >= 4 is 3.21 Å². The van der Waals surface area contributed by atoms with Gasteiger partial charge in [0, 0.05) is 0 Å². The summed E-state index contributed by atoms with van der Waals surface area (Å²) in [5.41, 5.74) is 2.94. The van der Waals surface area contributed by atoms with Crippen molar-refractivity contribution in [1.29, 1.82) is 0 Å². The molecule has 0 unspecified atom stereocenters. The molecule has 1 fully saturated rings. The van der Waals surface area contributed by atoms with Gasteiger partial charge in [-0.15, -0.1) is 0 Å². The van der Waals surface area contributed by atoms with Crippen LogP contribution >= 0.6 is 0 Å². The maximum atomic E-state index is 2.32. The van der Waals surface area contributed by atoms with Gasteiger partial charge in [-0.1, -0.05) is 0 Å². The minimum absolute atomic E-state index is 0.649. The first-order chi connectivity index (χ1) is 7.18. The van der Waals surface area contributed by atoms with Crippen LogP contribution in [0.4, 0.5) is 0 Å². The molecule has 0 atom stereocenters. The Morgan fingerprint density at radius 1 is 1.20 bits per heavy atom. The van der Waals surface area contributed by atoms with Crippen LogP contribution in [0.3, 0.4) is 0 Å². The van der Waals surface area contributed by atoms with Crippen molar-refractivity contribution in [2.24, 2.45) is 5.92 Å². The van der Waals surface area contributed by atoms with E-state index in [1.54, 1.807) is 27.4 Å². The maximum absolute atomic E-state index is 2.32. The van der Waals surface area contributed by atoms with Crippen molar-refractivity contribution in [2.75, 3.05) is 0 Å². The van der Waals surface area contributed by atoms with E-state index in [1.807, 2.05) is 0 Å². The molecule has 1 aromatic rings. The molecule has 1 aliphatic rings. The van der Waals surface area contributed by atoms with E-state index in [1.165, 1.54) is 30.4 Å². The molecule has 1 aliphatic carbocycles. The number of rotatable bonds is 3. The summed E-state index contributed by atoms with van der Waals surface area (Å²) in [4.78, 5) is 0. The molecule has 2 rings (SSSR count). The summed E-state index contributed by atoms with van der Waals surface area (Å²) < 4.78 is 1.68. The molecule has 0 N–H and O–H groups in total. The topological polar surface area (TPSA) is 0 Å². The Morgan fingerprint density at radius 3 is 2.20 bits per heavy atom. The summed E-state index contributed by atoms with van der Waals surface area (Å²) in [7, 11) is 0. The predicted molar refractivity (Wildman–Crippen MR) is 62.0 cm³/mol. The summed E-state index contributed by atoms with van der Waals surface area (Å²) >= 11 is 1.61. The Balaban J connectivity index is 2.12. The Bertz CT molecular complexity index is 344. The molecule has 78 valence electrons. The zero-order valence-electron chi connectivity index (χ0n) is 9.59. The minimum atomic E-state index is 0.649. The van der Waals surface area contributed by atoms with Crippen molar-refractivity contribution in [1.82, 2.24) is 0 Å². The van der Waals surface area contributed by atoms with E-state index in [4.69, 9.17) is 0 Å². The van der Waals surface area contributed by atoms with Gasteiger partial charge in [0.15, 0.2) is 0 Å². The summed E-state index contributed by atoms with van der Waals surface area (Å²) in [6.07, 6.45) is 4.28. The van der Waals surface area contributed by atoms with Crippen LogP contribution in [0, 0.1) is 5.92 Å². The predicted octanol–water partition coefficient (Wildman–Crippen LogP) is 3.68. The van der Waals surface area contributed by atoms with Gasteiger partial charge in [-0.3, -0.25) is 0 Å². The fourth-order valence-corrected chi connectivity index (χ4v) is 3.10. The third kappa shape index (κ3) is 2.56. The number of hydrogen-bond acceptors (Lipinski definition) is 0. The van der Waals surface area contributed by atoms with E-state index in [9.17, 15) is 0 Å². The molecule has 1 saturated carbocycles. The van der Waals surface area contributed by atoms with Crippen LogP contribution in [-0.4, -0.2) is 3.21 Å². The normalized spacial score (nSPS) is 16.4.